The van der Waals surface area contributed by atoms with Crippen LogP contribution < -0.4 is 9.64 Å². The fourth-order valence-corrected chi connectivity index (χ4v) is 4.60. The summed E-state index contributed by atoms with van der Waals surface area (Å²) in [6.07, 6.45) is 0.956. The molecule has 0 bridgehead atoms. The first-order valence-electron chi connectivity index (χ1n) is 10.6. The normalized spacial score (nSPS) is 11.5. The van der Waals surface area contributed by atoms with E-state index < -0.39 is 5.60 Å². The van der Waals surface area contributed by atoms with E-state index in [9.17, 15) is 4.79 Å². The molecule has 3 aromatic carbocycles. The number of hydrogen-bond acceptors (Lipinski definition) is 4. The van der Waals surface area contributed by atoms with Crippen molar-refractivity contribution in [2.24, 2.45) is 0 Å². The van der Waals surface area contributed by atoms with Crippen LogP contribution in [0.15, 0.2) is 72.8 Å². The van der Waals surface area contributed by atoms with Gasteiger partial charge in [0.25, 0.3) is 5.91 Å². The van der Waals surface area contributed by atoms with Gasteiger partial charge in [-0.15, -0.1) is 0 Å². The molecule has 0 aliphatic carbocycles. The lowest BCUT2D eigenvalue weighted by Crippen LogP contribution is -2.48. The number of ether oxygens (including phenoxy) is 1. The molecule has 1 amide bonds. The van der Waals surface area contributed by atoms with E-state index in [1.165, 1.54) is 16.9 Å². The highest BCUT2D eigenvalue weighted by Crippen LogP contribution is 2.33. The number of nitrogens with zero attached hydrogens (tertiary/aromatic N) is 2. The Labute approximate surface area is 197 Å². The van der Waals surface area contributed by atoms with Crippen LogP contribution >= 0.6 is 22.9 Å². The van der Waals surface area contributed by atoms with E-state index in [0.717, 1.165) is 22.2 Å². The second-order valence-electron chi connectivity index (χ2n) is 8.10. The first-order valence-corrected chi connectivity index (χ1v) is 11.7. The molecule has 32 heavy (non-hydrogen) atoms. The van der Waals surface area contributed by atoms with Crippen LogP contribution in [0, 0.1) is 0 Å². The van der Waals surface area contributed by atoms with Crippen molar-refractivity contribution in [1.29, 1.82) is 0 Å². The number of fused-ring (bicyclic) bond motifs is 1. The van der Waals surface area contributed by atoms with Gasteiger partial charge in [0, 0.05) is 5.02 Å². The Kier molecular flexibility index (Phi) is 6.49. The fourth-order valence-electron chi connectivity index (χ4n) is 3.45. The topological polar surface area (TPSA) is 42.4 Å². The van der Waals surface area contributed by atoms with Gasteiger partial charge in [-0.05, 0) is 67.8 Å². The molecule has 0 unspecified atom stereocenters. The third-order valence-electron chi connectivity index (χ3n) is 5.21. The zero-order valence-electron chi connectivity index (χ0n) is 18.3. The van der Waals surface area contributed by atoms with Crippen LogP contribution in [-0.2, 0) is 17.8 Å². The predicted molar refractivity (Wildman–Crippen MR) is 133 cm³/mol. The minimum Gasteiger partial charge on any atom is -0.478 e. The summed E-state index contributed by atoms with van der Waals surface area (Å²) < 4.78 is 7.17. The third-order valence-corrected chi connectivity index (χ3v) is 6.50. The summed E-state index contributed by atoms with van der Waals surface area (Å²) in [6.45, 7) is 6.10. The number of anilines is 1. The van der Waals surface area contributed by atoms with E-state index in [1.54, 1.807) is 43.0 Å². The van der Waals surface area contributed by atoms with Crippen molar-refractivity contribution < 1.29 is 9.53 Å². The first-order chi connectivity index (χ1) is 15.4. The molecule has 0 atom stereocenters. The second kappa shape index (κ2) is 9.31. The molecule has 0 saturated heterocycles. The summed E-state index contributed by atoms with van der Waals surface area (Å²) >= 11 is 7.52. The number of aryl methyl sites for hydroxylation is 1. The summed E-state index contributed by atoms with van der Waals surface area (Å²) in [5, 5.41) is 1.28. The lowest BCUT2D eigenvalue weighted by Gasteiger charge is -2.31. The van der Waals surface area contributed by atoms with Crippen molar-refractivity contribution in [3.8, 4) is 5.75 Å². The molecule has 0 aliphatic rings. The van der Waals surface area contributed by atoms with Crippen molar-refractivity contribution >= 4 is 44.2 Å². The summed E-state index contributed by atoms with van der Waals surface area (Å²) in [5.74, 6) is 0.426. The molecule has 6 heteroatoms. The van der Waals surface area contributed by atoms with Crippen LogP contribution in [0.25, 0.3) is 10.2 Å². The van der Waals surface area contributed by atoms with Gasteiger partial charge in [-0.25, -0.2) is 4.98 Å². The maximum Gasteiger partial charge on any atom is 0.272 e. The van der Waals surface area contributed by atoms with Gasteiger partial charge in [0.1, 0.15) is 5.75 Å². The fraction of sp³-hybridized carbons (Fsp3) is 0.231. The maximum absolute atomic E-state index is 13.8. The Bertz CT molecular complexity index is 1220. The average Bonchev–Trinajstić information content (AvgIpc) is 3.22. The smallest absolute Gasteiger partial charge is 0.272 e. The van der Waals surface area contributed by atoms with Crippen LogP contribution in [0.2, 0.25) is 5.02 Å². The quantitative estimate of drug-likeness (QED) is 0.298. The number of rotatable bonds is 7. The van der Waals surface area contributed by atoms with Gasteiger partial charge in [-0.3, -0.25) is 9.69 Å². The van der Waals surface area contributed by atoms with Crippen molar-refractivity contribution in [1.82, 2.24) is 4.98 Å². The van der Waals surface area contributed by atoms with Gasteiger partial charge in [-0.2, -0.15) is 0 Å². The number of hydrogen-bond donors (Lipinski definition) is 0. The summed E-state index contributed by atoms with van der Waals surface area (Å²) in [5.41, 5.74) is 2.07. The highest BCUT2D eigenvalue weighted by Gasteiger charge is 2.36. The van der Waals surface area contributed by atoms with Crippen molar-refractivity contribution in [3.05, 3.63) is 88.9 Å². The number of aromatic nitrogens is 1. The monoisotopic (exact) mass is 464 g/mol. The number of halogens is 1. The largest absolute Gasteiger partial charge is 0.478 e. The van der Waals surface area contributed by atoms with E-state index in [-0.39, 0.29) is 5.91 Å². The minimum absolute atomic E-state index is 0.161. The van der Waals surface area contributed by atoms with Crippen molar-refractivity contribution in [3.63, 3.8) is 0 Å². The van der Waals surface area contributed by atoms with E-state index in [0.29, 0.717) is 22.4 Å². The lowest BCUT2D eigenvalue weighted by molar-refractivity contribution is -0.131. The Morgan fingerprint density at radius 1 is 1.03 bits per heavy atom. The van der Waals surface area contributed by atoms with E-state index in [2.05, 4.69) is 19.1 Å². The Balaban J connectivity index is 1.69. The van der Waals surface area contributed by atoms with Crippen LogP contribution in [0.3, 0.4) is 0 Å². The molecule has 4 nitrogen and oxygen atoms in total. The molecule has 0 spiro atoms. The van der Waals surface area contributed by atoms with Crippen LogP contribution in [0.4, 0.5) is 5.13 Å². The lowest BCUT2D eigenvalue weighted by atomic mass is 10.1. The highest BCUT2D eigenvalue weighted by atomic mass is 35.5. The summed E-state index contributed by atoms with van der Waals surface area (Å²) in [4.78, 5) is 20.3. The molecule has 4 rings (SSSR count). The molecule has 0 fully saturated rings. The van der Waals surface area contributed by atoms with Gasteiger partial charge < -0.3 is 4.74 Å². The molecule has 0 aliphatic heterocycles. The molecular formula is C26H25ClN2O2S. The van der Waals surface area contributed by atoms with E-state index in [4.69, 9.17) is 21.3 Å². The first kappa shape index (κ1) is 22.3. The van der Waals surface area contributed by atoms with Crippen LogP contribution in [0.5, 0.6) is 5.75 Å². The molecule has 0 radical (unpaired) electrons. The molecule has 1 heterocycles. The average molecular weight is 465 g/mol. The van der Waals surface area contributed by atoms with Gasteiger partial charge in [-0.1, -0.05) is 66.3 Å². The number of carbonyl (C=O) groups is 1. The molecule has 1 aromatic heterocycles. The molecule has 0 saturated carbocycles. The van der Waals surface area contributed by atoms with Gasteiger partial charge in [0.15, 0.2) is 10.7 Å². The SMILES string of the molecule is CCc1ccc2nc(N(Cc3ccccc3)C(=O)C(C)(C)Oc3ccc(Cl)cc3)sc2c1. The maximum atomic E-state index is 13.8. The van der Waals surface area contributed by atoms with Crippen LogP contribution in [-0.4, -0.2) is 16.5 Å². The van der Waals surface area contributed by atoms with Gasteiger partial charge in [0.05, 0.1) is 16.8 Å². The predicted octanol–water partition coefficient (Wildman–Crippen LogP) is 6.90. The molecule has 0 N–H and O–H groups in total. The van der Waals surface area contributed by atoms with Crippen LogP contribution in [0.1, 0.15) is 31.9 Å². The van der Waals surface area contributed by atoms with E-state index >= 15 is 0 Å². The standard InChI is InChI=1S/C26H25ClN2O2S/c1-4-18-10-15-22-23(16-18)32-25(28-22)29(17-19-8-6-5-7-9-19)24(30)26(2,3)31-21-13-11-20(27)12-14-21/h5-16H,4,17H2,1-3H3. The Hall–Kier alpha value is -2.89. The van der Waals surface area contributed by atoms with Crippen molar-refractivity contribution in [2.75, 3.05) is 4.90 Å². The minimum atomic E-state index is -1.10. The number of benzene rings is 3. The van der Waals surface area contributed by atoms with Gasteiger partial charge in [0.2, 0.25) is 0 Å². The zero-order valence-corrected chi connectivity index (χ0v) is 19.9. The Morgan fingerprint density at radius 2 is 1.75 bits per heavy atom. The number of carbonyl (C=O) groups excluding carboxylic acids is 1. The van der Waals surface area contributed by atoms with Crippen molar-refractivity contribution in [2.45, 2.75) is 39.3 Å². The Morgan fingerprint density at radius 3 is 2.44 bits per heavy atom. The summed E-state index contributed by atoms with van der Waals surface area (Å²) in [6, 6.07) is 23.2. The zero-order chi connectivity index (χ0) is 22.7. The molecule has 4 aromatic rings. The van der Waals surface area contributed by atoms with E-state index in [1.807, 2.05) is 36.4 Å². The summed E-state index contributed by atoms with van der Waals surface area (Å²) in [7, 11) is 0. The third kappa shape index (κ3) is 4.95. The highest BCUT2D eigenvalue weighted by molar-refractivity contribution is 7.22. The molecular weight excluding hydrogens is 440 g/mol. The number of amides is 1. The second-order valence-corrected chi connectivity index (χ2v) is 9.54. The number of thiazole rings is 1. The van der Waals surface area contributed by atoms with Gasteiger partial charge >= 0.3 is 0 Å². The molecule has 164 valence electrons.